The van der Waals surface area contributed by atoms with E-state index in [1.54, 1.807) is 13.0 Å². The van der Waals surface area contributed by atoms with Gasteiger partial charge in [-0.1, -0.05) is 18.2 Å². The van der Waals surface area contributed by atoms with E-state index in [2.05, 4.69) is 0 Å². The average molecular weight is 344 g/mol. The van der Waals surface area contributed by atoms with Crippen molar-refractivity contribution in [2.45, 2.75) is 39.2 Å². The van der Waals surface area contributed by atoms with E-state index in [0.29, 0.717) is 38.2 Å². The molecule has 0 N–H and O–H groups in total. The molecule has 3 rings (SSSR count). The smallest absolute Gasteiger partial charge is 0.309 e. The van der Waals surface area contributed by atoms with Crippen molar-refractivity contribution in [3.05, 3.63) is 29.8 Å². The third-order valence-electron chi connectivity index (χ3n) is 5.07. The van der Waals surface area contributed by atoms with E-state index in [1.807, 2.05) is 30.0 Å². The molecule has 6 heteroatoms. The Balaban J connectivity index is 1.67. The maximum absolute atomic E-state index is 12.9. The van der Waals surface area contributed by atoms with Gasteiger partial charge in [0.15, 0.2) is 0 Å². The Hall–Kier alpha value is -2.21. The summed E-state index contributed by atoms with van der Waals surface area (Å²) in [5, 5.41) is 0. The summed E-state index contributed by atoms with van der Waals surface area (Å²) in [5.74, 6) is -0.570. The molecule has 25 heavy (non-hydrogen) atoms. The molecule has 2 aliphatic heterocycles. The second kappa shape index (κ2) is 7.35. The molecule has 2 heterocycles. The van der Waals surface area contributed by atoms with Crippen LogP contribution in [0.5, 0.6) is 0 Å². The van der Waals surface area contributed by atoms with E-state index in [-0.39, 0.29) is 30.1 Å². The van der Waals surface area contributed by atoms with Gasteiger partial charge in [0.2, 0.25) is 5.91 Å². The van der Waals surface area contributed by atoms with Crippen LogP contribution in [0.4, 0.5) is 5.69 Å². The number of rotatable bonds is 4. The number of esters is 1. The zero-order chi connectivity index (χ0) is 18.0. The normalized spacial score (nSPS) is 22.5. The van der Waals surface area contributed by atoms with E-state index in [1.165, 1.54) is 4.90 Å². The third kappa shape index (κ3) is 3.44. The highest BCUT2D eigenvalue weighted by atomic mass is 16.5. The van der Waals surface area contributed by atoms with Gasteiger partial charge in [0.25, 0.3) is 5.91 Å². The molecule has 0 aromatic heterocycles. The Bertz CT molecular complexity index is 680. The van der Waals surface area contributed by atoms with Crippen LogP contribution in [0.1, 0.15) is 31.7 Å². The minimum absolute atomic E-state index is 0.101. The van der Waals surface area contributed by atoms with Crippen LogP contribution in [0.15, 0.2) is 24.3 Å². The third-order valence-corrected chi connectivity index (χ3v) is 5.07. The molecule has 1 atom stereocenters. The van der Waals surface area contributed by atoms with E-state index in [0.717, 1.165) is 5.56 Å². The molecule has 2 fully saturated rings. The number of hydrogen-bond acceptors (Lipinski definition) is 5. The van der Waals surface area contributed by atoms with Gasteiger partial charge in [-0.3, -0.25) is 19.3 Å². The summed E-state index contributed by atoms with van der Waals surface area (Å²) in [7, 11) is 0. The predicted molar refractivity (Wildman–Crippen MR) is 93.0 cm³/mol. The molecule has 0 bridgehead atoms. The van der Waals surface area contributed by atoms with Gasteiger partial charge in [-0.15, -0.1) is 0 Å². The molecule has 0 spiro atoms. The molecule has 2 amide bonds. The molecule has 6 nitrogen and oxygen atoms in total. The Morgan fingerprint density at radius 3 is 2.52 bits per heavy atom. The Kier molecular flexibility index (Phi) is 5.18. The molecule has 0 saturated carbocycles. The number of likely N-dealkylation sites (tertiary alicyclic amines) is 1. The summed E-state index contributed by atoms with van der Waals surface area (Å²) >= 11 is 0. The van der Waals surface area contributed by atoms with Gasteiger partial charge in [0, 0.05) is 0 Å². The number of benzene rings is 1. The van der Waals surface area contributed by atoms with Gasteiger partial charge >= 0.3 is 5.97 Å². The van der Waals surface area contributed by atoms with Crippen molar-refractivity contribution in [3.8, 4) is 0 Å². The number of amides is 2. The first-order valence-corrected chi connectivity index (χ1v) is 8.86. The standard InChI is InChI=1S/C19H24N2O4/c1-3-25-19(24)14-8-10-20(11-9-14)16-12-17(22)21(18(16)23)15-7-5-4-6-13(15)2/h4-7,14,16H,3,8-12H2,1-2H3/t16-/m0/s1. The van der Waals surface area contributed by atoms with Crippen molar-refractivity contribution in [3.63, 3.8) is 0 Å². The van der Waals surface area contributed by atoms with E-state index in [9.17, 15) is 14.4 Å². The maximum Gasteiger partial charge on any atom is 0.309 e. The molecule has 0 aliphatic carbocycles. The van der Waals surface area contributed by atoms with Gasteiger partial charge in [-0.25, -0.2) is 4.90 Å². The minimum Gasteiger partial charge on any atom is -0.466 e. The molecular weight excluding hydrogens is 320 g/mol. The minimum atomic E-state index is -0.421. The van der Waals surface area contributed by atoms with Gasteiger partial charge in [-0.2, -0.15) is 0 Å². The lowest BCUT2D eigenvalue weighted by Gasteiger charge is -2.33. The summed E-state index contributed by atoms with van der Waals surface area (Å²) in [4.78, 5) is 40.5. The van der Waals surface area contributed by atoms with Crippen molar-refractivity contribution in [1.82, 2.24) is 4.90 Å². The quantitative estimate of drug-likeness (QED) is 0.616. The second-order valence-electron chi connectivity index (χ2n) is 6.64. The number of aryl methyl sites for hydroxylation is 1. The number of imide groups is 1. The highest BCUT2D eigenvalue weighted by molar-refractivity contribution is 6.22. The highest BCUT2D eigenvalue weighted by Crippen LogP contribution is 2.30. The van der Waals surface area contributed by atoms with Crippen LogP contribution >= 0.6 is 0 Å². The summed E-state index contributed by atoms with van der Waals surface area (Å²) in [6.07, 6.45) is 1.54. The van der Waals surface area contributed by atoms with Crippen molar-refractivity contribution < 1.29 is 19.1 Å². The second-order valence-corrected chi connectivity index (χ2v) is 6.64. The van der Waals surface area contributed by atoms with Crippen LogP contribution in [0.25, 0.3) is 0 Å². The molecule has 1 aromatic carbocycles. The monoisotopic (exact) mass is 344 g/mol. The van der Waals surface area contributed by atoms with Crippen LogP contribution in [-0.4, -0.2) is 48.4 Å². The lowest BCUT2D eigenvalue weighted by Crippen LogP contribution is -2.47. The summed E-state index contributed by atoms with van der Waals surface area (Å²) < 4.78 is 5.08. The zero-order valence-corrected chi connectivity index (χ0v) is 14.7. The first-order chi connectivity index (χ1) is 12.0. The molecule has 2 saturated heterocycles. The largest absolute Gasteiger partial charge is 0.466 e. The topological polar surface area (TPSA) is 66.9 Å². The Labute approximate surface area is 147 Å². The molecule has 0 unspecified atom stereocenters. The number of nitrogens with zero attached hydrogens (tertiary/aromatic N) is 2. The SMILES string of the molecule is CCOC(=O)C1CCN([C@H]2CC(=O)N(c3ccccc3C)C2=O)CC1. The Morgan fingerprint density at radius 2 is 1.88 bits per heavy atom. The highest BCUT2D eigenvalue weighted by Gasteiger charge is 2.44. The van der Waals surface area contributed by atoms with Crippen LogP contribution in [0.3, 0.4) is 0 Å². The molecular formula is C19H24N2O4. The van der Waals surface area contributed by atoms with Gasteiger partial charge in [-0.05, 0) is 51.4 Å². The number of piperidine rings is 1. The van der Waals surface area contributed by atoms with Crippen LogP contribution in [-0.2, 0) is 19.1 Å². The first kappa shape index (κ1) is 17.6. The van der Waals surface area contributed by atoms with Crippen molar-refractivity contribution in [2.75, 3.05) is 24.6 Å². The molecule has 2 aliphatic rings. The summed E-state index contributed by atoms with van der Waals surface area (Å²) in [6.45, 7) is 5.35. The summed E-state index contributed by atoms with van der Waals surface area (Å²) in [6, 6.07) is 7.01. The lowest BCUT2D eigenvalue weighted by molar-refractivity contribution is -0.149. The zero-order valence-electron chi connectivity index (χ0n) is 14.7. The van der Waals surface area contributed by atoms with E-state index >= 15 is 0 Å². The molecule has 1 aromatic rings. The van der Waals surface area contributed by atoms with Crippen LogP contribution < -0.4 is 4.90 Å². The molecule has 134 valence electrons. The lowest BCUT2D eigenvalue weighted by atomic mass is 9.95. The number of carbonyl (C=O) groups excluding carboxylic acids is 3. The average Bonchev–Trinajstić information content (AvgIpc) is 2.90. The van der Waals surface area contributed by atoms with Gasteiger partial charge < -0.3 is 4.74 Å². The Morgan fingerprint density at radius 1 is 1.20 bits per heavy atom. The number of ether oxygens (including phenoxy) is 1. The van der Waals surface area contributed by atoms with Crippen molar-refractivity contribution in [1.29, 1.82) is 0 Å². The fourth-order valence-electron chi connectivity index (χ4n) is 3.68. The van der Waals surface area contributed by atoms with Crippen molar-refractivity contribution in [2.24, 2.45) is 5.92 Å². The van der Waals surface area contributed by atoms with Crippen LogP contribution in [0, 0.1) is 12.8 Å². The number of carbonyl (C=O) groups is 3. The van der Waals surface area contributed by atoms with Crippen LogP contribution in [0.2, 0.25) is 0 Å². The van der Waals surface area contributed by atoms with Gasteiger partial charge in [0.05, 0.1) is 30.7 Å². The number of anilines is 1. The number of hydrogen-bond donors (Lipinski definition) is 0. The predicted octanol–water partition coefficient (Wildman–Crippen LogP) is 1.90. The van der Waals surface area contributed by atoms with Gasteiger partial charge in [0.1, 0.15) is 0 Å². The van der Waals surface area contributed by atoms with E-state index in [4.69, 9.17) is 4.74 Å². The fourth-order valence-corrected chi connectivity index (χ4v) is 3.68. The van der Waals surface area contributed by atoms with Crippen molar-refractivity contribution >= 4 is 23.5 Å². The first-order valence-electron chi connectivity index (χ1n) is 8.86. The maximum atomic E-state index is 12.9. The fraction of sp³-hybridized carbons (Fsp3) is 0.526. The molecule has 0 radical (unpaired) electrons. The number of para-hydroxylation sites is 1. The summed E-state index contributed by atoms with van der Waals surface area (Å²) in [5.41, 5.74) is 1.58. The van der Waals surface area contributed by atoms with E-state index < -0.39 is 6.04 Å².